The first-order chi connectivity index (χ1) is 12.1. The van der Waals surface area contributed by atoms with Crippen molar-refractivity contribution in [2.45, 2.75) is 26.2 Å². The molecule has 0 atom stereocenters. The molecule has 0 unspecified atom stereocenters. The Morgan fingerprint density at radius 2 is 1.69 bits per heavy atom. The maximum atomic E-state index is 12.3. The predicted molar refractivity (Wildman–Crippen MR) is 105 cm³/mol. The Bertz CT molecular complexity index is 858. The number of halogens is 1. The quantitative estimate of drug-likeness (QED) is 0.788. The van der Waals surface area contributed by atoms with Crippen molar-refractivity contribution in [3.8, 4) is 0 Å². The molecule has 2 N–H and O–H groups in total. The lowest BCUT2D eigenvalue weighted by atomic mass is 9.87. The Balaban J connectivity index is 2.05. The minimum Gasteiger partial charge on any atom is -0.545 e. The molecule has 136 valence electrons. The van der Waals surface area contributed by atoms with Crippen molar-refractivity contribution in [2.75, 3.05) is 5.32 Å². The lowest BCUT2D eigenvalue weighted by Crippen LogP contribution is -2.34. The van der Waals surface area contributed by atoms with Crippen LogP contribution in [0, 0.1) is 0 Å². The third-order valence-electron chi connectivity index (χ3n) is 3.68. The fraction of sp³-hybridized carbons (Fsp3) is 0.211. The number of anilines is 1. The Labute approximate surface area is 162 Å². The van der Waals surface area contributed by atoms with Crippen molar-refractivity contribution in [3.63, 3.8) is 0 Å². The molecule has 0 fully saturated rings. The first-order valence-corrected chi connectivity index (χ1v) is 8.60. The number of thiocarbonyl (C=S) groups is 1. The van der Waals surface area contributed by atoms with Crippen molar-refractivity contribution in [3.05, 3.63) is 64.2 Å². The molecule has 1 amide bonds. The molecule has 0 aliphatic rings. The van der Waals surface area contributed by atoms with E-state index in [1.54, 1.807) is 18.2 Å². The predicted octanol–water partition coefficient (Wildman–Crippen LogP) is 3.13. The summed E-state index contributed by atoms with van der Waals surface area (Å²) in [5.41, 5.74) is 1.79. The zero-order valence-electron chi connectivity index (χ0n) is 14.6. The van der Waals surface area contributed by atoms with E-state index in [1.807, 2.05) is 12.1 Å². The first-order valence-electron chi connectivity index (χ1n) is 7.81. The number of nitrogens with one attached hydrogen (secondary N) is 2. The maximum absolute atomic E-state index is 12.3. The third kappa shape index (κ3) is 5.03. The number of carboxylic acids is 1. The number of carbonyl (C=O) groups excluding carboxylic acids is 2. The van der Waals surface area contributed by atoms with Crippen LogP contribution in [0.5, 0.6) is 0 Å². The summed E-state index contributed by atoms with van der Waals surface area (Å²) < 4.78 is 0. The van der Waals surface area contributed by atoms with Crippen LogP contribution in [0.25, 0.3) is 0 Å². The summed E-state index contributed by atoms with van der Waals surface area (Å²) in [6, 6.07) is 11.5. The van der Waals surface area contributed by atoms with Gasteiger partial charge in [0.1, 0.15) is 0 Å². The average Bonchev–Trinajstić information content (AvgIpc) is 2.55. The van der Waals surface area contributed by atoms with Gasteiger partial charge in [-0.05, 0) is 53.5 Å². The zero-order chi connectivity index (χ0) is 19.5. The standard InChI is InChI=1S/C19H19ClN2O3S/c1-19(2,3)12-6-4-11(5-7-12)16(23)22-18(26)21-13-8-9-15(20)14(10-13)17(24)25/h4-10H,1-3H3,(H,24,25)(H2,21,22,23,26)/p-1. The van der Waals surface area contributed by atoms with E-state index in [-0.39, 0.29) is 27.0 Å². The highest BCUT2D eigenvalue weighted by molar-refractivity contribution is 7.80. The number of hydrogen-bond donors (Lipinski definition) is 2. The van der Waals surface area contributed by atoms with Crippen LogP contribution in [0.4, 0.5) is 5.69 Å². The van der Waals surface area contributed by atoms with Crippen molar-refractivity contribution in [1.29, 1.82) is 0 Å². The lowest BCUT2D eigenvalue weighted by Gasteiger charge is -2.19. The molecular formula is C19H18ClN2O3S-. The number of hydrogen-bond acceptors (Lipinski definition) is 4. The van der Waals surface area contributed by atoms with E-state index in [0.717, 1.165) is 5.56 Å². The van der Waals surface area contributed by atoms with Gasteiger partial charge in [0.2, 0.25) is 0 Å². The molecule has 0 radical (unpaired) electrons. The fourth-order valence-electron chi connectivity index (χ4n) is 2.22. The molecule has 0 bridgehead atoms. The van der Waals surface area contributed by atoms with Gasteiger partial charge < -0.3 is 15.2 Å². The highest BCUT2D eigenvalue weighted by Gasteiger charge is 2.15. The van der Waals surface area contributed by atoms with E-state index in [2.05, 4.69) is 31.4 Å². The Morgan fingerprint density at radius 1 is 1.08 bits per heavy atom. The highest BCUT2D eigenvalue weighted by Crippen LogP contribution is 2.22. The maximum Gasteiger partial charge on any atom is 0.257 e. The molecule has 26 heavy (non-hydrogen) atoms. The molecule has 0 aromatic heterocycles. The lowest BCUT2D eigenvalue weighted by molar-refractivity contribution is -0.255. The summed E-state index contributed by atoms with van der Waals surface area (Å²) in [6.45, 7) is 6.27. The molecule has 2 aromatic rings. The van der Waals surface area contributed by atoms with E-state index >= 15 is 0 Å². The van der Waals surface area contributed by atoms with Crippen molar-refractivity contribution in [1.82, 2.24) is 5.32 Å². The van der Waals surface area contributed by atoms with Crippen LogP contribution in [0.3, 0.4) is 0 Å². The van der Waals surface area contributed by atoms with Gasteiger partial charge in [0.05, 0.1) is 5.97 Å². The van der Waals surface area contributed by atoms with Gasteiger partial charge in [-0.1, -0.05) is 44.5 Å². The summed E-state index contributed by atoms with van der Waals surface area (Å²) in [5.74, 6) is -1.76. The van der Waals surface area contributed by atoms with Crippen LogP contribution in [0.15, 0.2) is 42.5 Å². The van der Waals surface area contributed by atoms with Gasteiger partial charge in [0, 0.05) is 21.8 Å². The van der Waals surface area contributed by atoms with Crippen LogP contribution in [-0.2, 0) is 5.41 Å². The monoisotopic (exact) mass is 389 g/mol. The number of carbonyl (C=O) groups is 2. The van der Waals surface area contributed by atoms with Crippen LogP contribution in [0.2, 0.25) is 5.02 Å². The smallest absolute Gasteiger partial charge is 0.257 e. The molecule has 0 heterocycles. The molecular weight excluding hydrogens is 372 g/mol. The van der Waals surface area contributed by atoms with E-state index in [0.29, 0.717) is 11.3 Å². The Morgan fingerprint density at radius 3 is 2.23 bits per heavy atom. The van der Waals surface area contributed by atoms with Gasteiger partial charge in [-0.2, -0.15) is 0 Å². The van der Waals surface area contributed by atoms with Gasteiger partial charge in [-0.3, -0.25) is 10.1 Å². The molecule has 0 saturated heterocycles. The fourth-order valence-corrected chi connectivity index (χ4v) is 2.62. The largest absolute Gasteiger partial charge is 0.545 e. The summed E-state index contributed by atoms with van der Waals surface area (Å²) >= 11 is 10.9. The second kappa shape index (κ2) is 7.85. The molecule has 7 heteroatoms. The minimum absolute atomic E-state index is 0.00283. The SMILES string of the molecule is CC(C)(C)c1ccc(C(=O)NC(=S)Nc2ccc(Cl)c(C(=O)[O-])c2)cc1. The highest BCUT2D eigenvalue weighted by atomic mass is 35.5. The van der Waals surface area contributed by atoms with E-state index in [4.69, 9.17) is 23.8 Å². The topological polar surface area (TPSA) is 81.3 Å². The second-order valence-electron chi connectivity index (χ2n) is 6.72. The number of carboxylic acid groups (broad SMARTS) is 1. The number of rotatable bonds is 3. The molecule has 5 nitrogen and oxygen atoms in total. The van der Waals surface area contributed by atoms with E-state index in [1.165, 1.54) is 12.1 Å². The van der Waals surface area contributed by atoms with Gasteiger partial charge >= 0.3 is 0 Å². The van der Waals surface area contributed by atoms with Gasteiger partial charge in [0.15, 0.2) is 5.11 Å². The zero-order valence-corrected chi connectivity index (χ0v) is 16.1. The Kier molecular flexibility index (Phi) is 6.00. The van der Waals surface area contributed by atoms with Crippen LogP contribution >= 0.6 is 23.8 Å². The van der Waals surface area contributed by atoms with Crippen molar-refractivity contribution < 1.29 is 14.7 Å². The van der Waals surface area contributed by atoms with Crippen LogP contribution in [0.1, 0.15) is 47.1 Å². The number of amides is 1. The molecule has 0 saturated carbocycles. The van der Waals surface area contributed by atoms with Crippen molar-refractivity contribution >= 4 is 46.5 Å². The van der Waals surface area contributed by atoms with Gasteiger partial charge in [0.25, 0.3) is 5.91 Å². The third-order valence-corrected chi connectivity index (χ3v) is 4.22. The van der Waals surface area contributed by atoms with Crippen molar-refractivity contribution in [2.24, 2.45) is 0 Å². The molecule has 0 aliphatic heterocycles. The average molecular weight is 390 g/mol. The summed E-state index contributed by atoms with van der Waals surface area (Å²) in [4.78, 5) is 23.3. The van der Waals surface area contributed by atoms with Crippen LogP contribution in [-0.4, -0.2) is 17.0 Å². The second-order valence-corrected chi connectivity index (χ2v) is 7.53. The summed E-state index contributed by atoms with van der Waals surface area (Å²) in [7, 11) is 0. The molecule has 2 aromatic carbocycles. The van der Waals surface area contributed by atoms with Gasteiger partial charge in [-0.15, -0.1) is 0 Å². The number of aromatic carboxylic acids is 1. The van der Waals surface area contributed by atoms with Gasteiger partial charge in [-0.25, -0.2) is 0 Å². The van der Waals surface area contributed by atoms with E-state index in [9.17, 15) is 14.7 Å². The van der Waals surface area contributed by atoms with E-state index < -0.39 is 5.97 Å². The normalized spacial score (nSPS) is 10.9. The summed E-state index contributed by atoms with van der Waals surface area (Å²) in [5, 5.41) is 16.4. The molecule has 0 aliphatic carbocycles. The number of benzene rings is 2. The molecule has 2 rings (SSSR count). The van der Waals surface area contributed by atoms with Crippen LogP contribution < -0.4 is 15.7 Å². The summed E-state index contributed by atoms with van der Waals surface area (Å²) in [6.07, 6.45) is 0. The minimum atomic E-state index is -1.40. The Hall–Kier alpha value is -2.44. The molecule has 0 spiro atoms. The first kappa shape index (κ1) is 19.9.